The zero-order valence-corrected chi connectivity index (χ0v) is 18.7. The third kappa shape index (κ3) is 1710. The average Bonchev–Trinajstić information content (AvgIpc) is 1.62. The largest absolute Gasteiger partial charge is 2.00 e. The van der Waals surface area contributed by atoms with Gasteiger partial charge in [0.15, 0.2) is 0 Å². The van der Waals surface area contributed by atoms with Crippen molar-refractivity contribution in [2.45, 2.75) is 0 Å². The van der Waals surface area contributed by atoms with Crippen LogP contribution in [-0.2, 0) is 18.3 Å². The van der Waals surface area contributed by atoms with Crippen molar-refractivity contribution in [2.75, 3.05) is 0 Å². The predicted octanol–water partition coefficient (Wildman–Crippen LogP) is -13.7. The Hall–Kier alpha value is 2.88. The molecule has 0 bridgehead atoms. The normalized spacial score (nSPS) is 9.83. The van der Waals surface area contributed by atoms with Crippen LogP contribution in [0.1, 0.15) is 0 Å². The van der Waals surface area contributed by atoms with Crippen LogP contribution in [0.5, 0.6) is 0 Å². The first-order valence-corrected chi connectivity index (χ1v) is 8.76. The van der Waals surface area contributed by atoms with Gasteiger partial charge in [-0.15, -0.1) is 0 Å². The monoisotopic (exact) mass is 496 g/mol. The predicted molar refractivity (Wildman–Crippen MR) is 49.2 cm³/mol. The fraction of sp³-hybridized carbons (Fsp3) is 0. The molecule has 4 N–H and O–H groups in total. The van der Waals surface area contributed by atoms with Crippen molar-refractivity contribution in [3.8, 4) is 0 Å². The van der Waals surface area contributed by atoms with E-state index < -0.39 is 31.3 Å². The van der Waals surface area contributed by atoms with Crippen LogP contribution in [0.15, 0.2) is 0 Å². The van der Waals surface area contributed by atoms with Crippen LogP contribution in [0.2, 0.25) is 0 Å². The van der Waals surface area contributed by atoms with Crippen LogP contribution in [0.25, 0.3) is 0 Å². The summed E-state index contributed by atoms with van der Waals surface area (Å²) < 4.78 is 34.2. The van der Waals surface area contributed by atoms with Crippen molar-refractivity contribution in [3.05, 3.63) is 0 Å². The van der Waals surface area contributed by atoms with E-state index in [0.717, 1.165) is 0 Å². The van der Waals surface area contributed by atoms with Crippen molar-refractivity contribution in [3.63, 3.8) is 0 Å². The van der Waals surface area contributed by atoms with Crippen molar-refractivity contribution in [1.82, 2.24) is 0 Å². The minimum Gasteiger partial charge on any atom is -0.822 e. The quantitative estimate of drug-likeness (QED) is 0.222. The third-order valence-corrected chi connectivity index (χ3v) is 0. The minimum atomic E-state index is -5.39. The zero-order valence-electron chi connectivity index (χ0n) is 10.7. The van der Waals surface area contributed by atoms with E-state index in [4.69, 9.17) is 77.0 Å². The second kappa shape index (κ2) is 22.2. The Morgan fingerprint density at radius 2 is 0.333 bits per heavy atom. The Balaban J connectivity index is -0.0000000225. The number of hydrogen-bond donors (Lipinski definition) is 0. The molecule has 0 saturated heterocycles. The maximum absolute atomic E-state index is 8.55. The summed E-state index contributed by atoms with van der Waals surface area (Å²) in [7, 11) is -21.6. The molecule has 0 aromatic carbocycles. The van der Waals surface area contributed by atoms with Crippen molar-refractivity contribution in [2.24, 2.45) is 0 Å². The molecular weight excluding hydrogens is 492 g/mol. The molecule has 0 aromatic heterocycles. The maximum atomic E-state index is 8.55. The molecule has 0 saturated carbocycles. The van der Waals surface area contributed by atoms with Crippen LogP contribution in [0.4, 0.5) is 0 Å². The van der Waals surface area contributed by atoms with Crippen LogP contribution in [0, 0.1) is 0 Å². The van der Waals surface area contributed by atoms with Gasteiger partial charge in [0.1, 0.15) is 0 Å². The molecular formula is H4Ca2O18P4-8. The number of hydrogen-bond acceptors (Lipinski definition) is 16. The first-order chi connectivity index (χ1) is 8.00. The Morgan fingerprint density at radius 1 is 0.333 bits per heavy atom. The van der Waals surface area contributed by atoms with E-state index in [1.807, 2.05) is 0 Å². The first kappa shape index (κ1) is 50.5. The Labute approximate surface area is 192 Å². The third-order valence-electron chi connectivity index (χ3n) is 0. The van der Waals surface area contributed by atoms with E-state index in [9.17, 15) is 0 Å². The molecule has 0 aliphatic carbocycles. The van der Waals surface area contributed by atoms with E-state index in [0.29, 0.717) is 0 Å². The Kier molecular flexibility index (Phi) is 46.7. The van der Waals surface area contributed by atoms with Crippen LogP contribution in [0.3, 0.4) is 0 Å². The molecule has 24 heteroatoms. The molecule has 0 fully saturated rings. The van der Waals surface area contributed by atoms with Gasteiger partial charge in [-0.2, -0.15) is 31.3 Å². The van der Waals surface area contributed by atoms with E-state index >= 15 is 0 Å². The van der Waals surface area contributed by atoms with E-state index in [2.05, 4.69) is 0 Å². The molecule has 0 atom stereocenters. The Morgan fingerprint density at radius 3 is 0.333 bits per heavy atom. The second-order valence-corrected chi connectivity index (χ2v) is 5.37. The molecule has 18 nitrogen and oxygen atoms in total. The van der Waals surface area contributed by atoms with Crippen LogP contribution >= 0.6 is 31.3 Å². The summed E-state index contributed by atoms with van der Waals surface area (Å²) in [4.78, 5) is 103. The summed E-state index contributed by atoms with van der Waals surface area (Å²) in [5.41, 5.74) is 0. The molecule has 0 amide bonds. The molecule has 0 radical (unpaired) electrons. The van der Waals surface area contributed by atoms with Gasteiger partial charge >= 0.3 is 75.5 Å². The molecule has 0 rings (SSSR count). The summed E-state index contributed by atoms with van der Waals surface area (Å²) in [6.07, 6.45) is 0. The average molecular weight is 496 g/mol. The summed E-state index contributed by atoms with van der Waals surface area (Å²) in [5, 5.41) is 0. The SMILES string of the molecule is O.O.O=P([O-])([O-])[O-].O=P([O-])([O-])[O-].O=P([O-])([O-])[O-].O=P([O-])([O-])[O-].[Ca+2].[Ca+2]. The van der Waals surface area contributed by atoms with E-state index in [-0.39, 0.29) is 86.4 Å². The van der Waals surface area contributed by atoms with Gasteiger partial charge in [-0.1, -0.05) is 0 Å². The van der Waals surface area contributed by atoms with Crippen molar-refractivity contribution >= 4 is 107 Å². The van der Waals surface area contributed by atoms with E-state index in [1.165, 1.54) is 0 Å². The summed E-state index contributed by atoms with van der Waals surface area (Å²) in [6, 6.07) is 0. The van der Waals surface area contributed by atoms with Crippen LogP contribution in [-0.4, -0.2) is 86.4 Å². The summed E-state index contributed by atoms with van der Waals surface area (Å²) in [6.45, 7) is 0. The standard InChI is InChI=1S/2Ca.4H3O4P.2H2O/c;;4*1-5(2,3)4;;/h;;4*(H3,1,2,3,4);2*1H2/q2*+2;;;;;;/p-12. The molecule has 0 spiro atoms. The van der Waals surface area contributed by atoms with E-state index in [1.54, 1.807) is 0 Å². The second-order valence-electron chi connectivity index (χ2n) is 1.79. The van der Waals surface area contributed by atoms with Gasteiger partial charge in [0, 0.05) is 0 Å². The first-order valence-electron chi connectivity index (χ1n) is 2.92. The zero-order chi connectivity index (χ0) is 18.0. The fourth-order valence-electron chi connectivity index (χ4n) is 0. The minimum absolute atomic E-state index is 0. The number of rotatable bonds is 0. The van der Waals surface area contributed by atoms with Gasteiger partial charge in [-0.3, -0.25) is 0 Å². The van der Waals surface area contributed by atoms with Gasteiger partial charge in [0.25, 0.3) is 0 Å². The van der Waals surface area contributed by atoms with Crippen molar-refractivity contribution in [1.29, 1.82) is 0 Å². The molecule has 24 heavy (non-hydrogen) atoms. The van der Waals surface area contributed by atoms with Crippen molar-refractivity contribution < 1.29 is 87.9 Å². The number of phosphoric acid groups is 4. The van der Waals surface area contributed by atoms with Gasteiger partial charge in [0.2, 0.25) is 0 Å². The smallest absolute Gasteiger partial charge is 0.822 e. The molecule has 0 aliphatic heterocycles. The molecule has 0 unspecified atom stereocenters. The Bertz CT molecular complexity index is 290. The molecule has 0 aromatic rings. The van der Waals surface area contributed by atoms with Crippen LogP contribution < -0.4 is 58.7 Å². The molecule has 0 heterocycles. The van der Waals surface area contributed by atoms with Gasteiger partial charge in [-0.25, -0.2) is 0 Å². The molecule has 0 aliphatic rings. The fourth-order valence-corrected chi connectivity index (χ4v) is 0. The van der Waals surface area contributed by atoms with Gasteiger partial charge in [-0.05, 0) is 0 Å². The molecule has 144 valence electrons. The summed E-state index contributed by atoms with van der Waals surface area (Å²) in [5.74, 6) is 0. The maximum Gasteiger partial charge on any atom is 2.00 e. The summed E-state index contributed by atoms with van der Waals surface area (Å²) >= 11 is 0. The van der Waals surface area contributed by atoms with Gasteiger partial charge in [0.05, 0.1) is 0 Å². The van der Waals surface area contributed by atoms with Gasteiger partial charge < -0.3 is 87.9 Å². The topological polar surface area (TPSA) is 408 Å².